The van der Waals surface area contributed by atoms with Crippen molar-refractivity contribution in [2.75, 3.05) is 0 Å². The molecule has 0 radical (unpaired) electrons. The van der Waals surface area contributed by atoms with Gasteiger partial charge in [-0.25, -0.2) is 4.79 Å². The van der Waals surface area contributed by atoms with Crippen LogP contribution in [0.2, 0.25) is 0 Å². The zero-order chi connectivity index (χ0) is 8.97. The van der Waals surface area contributed by atoms with Crippen LogP contribution in [-0.2, 0) is 9.59 Å². The molecule has 0 aromatic rings. The Bertz CT molecular complexity index is 214. The quantitative estimate of drug-likeness (QED) is 0.463. The van der Waals surface area contributed by atoms with Crippen LogP contribution in [0.5, 0.6) is 0 Å². The second-order valence-corrected chi connectivity index (χ2v) is 3.43. The lowest BCUT2D eigenvalue weighted by Crippen LogP contribution is -2.18. The molecule has 0 bridgehead atoms. The lowest BCUT2D eigenvalue weighted by Gasteiger charge is -2.24. The fraction of sp³-hybridized carbons (Fsp3) is 0.700. The van der Waals surface area contributed by atoms with Crippen molar-refractivity contribution in [2.45, 2.75) is 32.6 Å². The van der Waals surface area contributed by atoms with Gasteiger partial charge in [0.25, 0.3) is 0 Å². The first kappa shape index (κ1) is 9.21. The Morgan fingerprint density at radius 2 is 2.33 bits per heavy atom. The lowest BCUT2D eigenvalue weighted by molar-refractivity contribution is -0.110. The molecule has 0 N–H and O–H groups in total. The summed E-state index contributed by atoms with van der Waals surface area (Å²) in [5.74, 6) is 2.37. The Morgan fingerprint density at radius 1 is 1.58 bits per heavy atom. The van der Waals surface area contributed by atoms with Crippen LogP contribution in [0.4, 0.5) is 0 Å². The summed E-state index contributed by atoms with van der Waals surface area (Å²) in [5, 5.41) is 0. The van der Waals surface area contributed by atoms with E-state index in [1.807, 2.05) is 5.94 Å². The molecule has 1 fully saturated rings. The van der Waals surface area contributed by atoms with Gasteiger partial charge in [-0.1, -0.05) is 13.3 Å². The van der Waals surface area contributed by atoms with E-state index >= 15 is 0 Å². The minimum absolute atomic E-state index is 0.134. The van der Waals surface area contributed by atoms with E-state index < -0.39 is 0 Å². The van der Waals surface area contributed by atoms with Gasteiger partial charge in [-0.3, -0.25) is 0 Å². The van der Waals surface area contributed by atoms with Gasteiger partial charge in [0.15, 0.2) is 0 Å². The molecule has 0 heterocycles. The molecule has 0 aromatic heterocycles. The third-order valence-corrected chi connectivity index (χ3v) is 2.71. The first-order chi connectivity index (χ1) is 5.81. The summed E-state index contributed by atoms with van der Waals surface area (Å²) in [4.78, 5) is 21.0. The molecular formula is C10H14O2. The Balaban J connectivity index is 2.66. The summed E-state index contributed by atoms with van der Waals surface area (Å²) >= 11 is 0. The van der Waals surface area contributed by atoms with Crippen LogP contribution in [0.1, 0.15) is 32.6 Å². The van der Waals surface area contributed by atoms with E-state index in [2.05, 4.69) is 6.92 Å². The maximum absolute atomic E-state index is 10.5. The van der Waals surface area contributed by atoms with Gasteiger partial charge in [0.05, 0.1) is 0 Å². The smallest absolute Gasteiger partial charge is 0.127 e. The molecule has 0 saturated heterocycles. The standard InChI is InChI=1S/C10H14O2/c1-2-8-3-4-9(6-11)10(5-8)7-12/h6,8-9H,2-5H2,1H3. The van der Waals surface area contributed by atoms with Crippen LogP contribution in [0.15, 0.2) is 5.57 Å². The average Bonchev–Trinajstić information content (AvgIpc) is 2.16. The van der Waals surface area contributed by atoms with E-state index in [9.17, 15) is 9.59 Å². The summed E-state index contributed by atoms with van der Waals surface area (Å²) in [7, 11) is 0. The second kappa shape index (κ2) is 4.22. The van der Waals surface area contributed by atoms with Crippen molar-refractivity contribution in [3.63, 3.8) is 0 Å². The molecule has 66 valence electrons. The van der Waals surface area contributed by atoms with E-state index in [-0.39, 0.29) is 5.92 Å². The summed E-state index contributed by atoms with van der Waals surface area (Å²) < 4.78 is 0. The number of hydrogen-bond acceptors (Lipinski definition) is 2. The first-order valence-electron chi connectivity index (χ1n) is 4.51. The van der Waals surface area contributed by atoms with Gasteiger partial charge in [0.2, 0.25) is 0 Å². The van der Waals surface area contributed by atoms with Crippen LogP contribution in [0.25, 0.3) is 0 Å². The average molecular weight is 166 g/mol. The fourth-order valence-electron chi connectivity index (χ4n) is 1.77. The van der Waals surface area contributed by atoms with Crippen molar-refractivity contribution < 1.29 is 9.59 Å². The molecule has 12 heavy (non-hydrogen) atoms. The predicted octanol–water partition coefficient (Wildman–Crippen LogP) is 1.77. The van der Waals surface area contributed by atoms with Gasteiger partial charge in [-0.2, -0.15) is 0 Å². The van der Waals surface area contributed by atoms with Crippen molar-refractivity contribution >= 4 is 12.2 Å². The summed E-state index contributed by atoms with van der Waals surface area (Å²) in [5.41, 5.74) is 0.683. The number of carbonyl (C=O) groups is 1. The second-order valence-electron chi connectivity index (χ2n) is 3.43. The van der Waals surface area contributed by atoms with Crippen LogP contribution < -0.4 is 0 Å². The van der Waals surface area contributed by atoms with E-state index in [0.29, 0.717) is 11.5 Å². The highest BCUT2D eigenvalue weighted by atomic mass is 16.1. The largest absolute Gasteiger partial charge is 0.303 e. The van der Waals surface area contributed by atoms with Crippen molar-refractivity contribution in [1.82, 2.24) is 0 Å². The molecule has 2 heteroatoms. The normalized spacial score (nSPS) is 29.6. The van der Waals surface area contributed by atoms with Crippen molar-refractivity contribution in [3.05, 3.63) is 5.57 Å². The summed E-state index contributed by atoms with van der Waals surface area (Å²) in [6.45, 7) is 2.12. The Morgan fingerprint density at radius 3 is 2.83 bits per heavy atom. The minimum atomic E-state index is -0.134. The molecule has 1 rings (SSSR count). The Labute approximate surface area is 72.7 Å². The van der Waals surface area contributed by atoms with E-state index in [4.69, 9.17) is 0 Å². The Hall–Kier alpha value is -0.880. The van der Waals surface area contributed by atoms with Gasteiger partial charge in [-0.15, -0.1) is 0 Å². The van der Waals surface area contributed by atoms with Crippen LogP contribution in [0, 0.1) is 11.8 Å². The molecule has 2 atom stereocenters. The van der Waals surface area contributed by atoms with Crippen molar-refractivity contribution in [3.8, 4) is 0 Å². The van der Waals surface area contributed by atoms with Gasteiger partial charge in [0, 0.05) is 11.5 Å². The minimum Gasteiger partial charge on any atom is -0.303 e. The fourth-order valence-corrected chi connectivity index (χ4v) is 1.77. The molecule has 0 aliphatic heterocycles. The molecule has 2 unspecified atom stereocenters. The number of carbonyl (C=O) groups excluding carboxylic acids is 2. The third kappa shape index (κ3) is 1.83. The van der Waals surface area contributed by atoms with Gasteiger partial charge < -0.3 is 4.79 Å². The Kier molecular flexibility index (Phi) is 3.24. The van der Waals surface area contributed by atoms with E-state index in [1.54, 1.807) is 0 Å². The molecular weight excluding hydrogens is 152 g/mol. The zero-order valence-corrected chi connectivity index (χ0v) is 7.38. The van der Waals surface area contributed by atoms with Crippen LogP contribution in [0.3, 0.4) is 0 Å². The van der Waals surface area contributed by atoms with Crippen LogP contribution in [-0.4, -0.2) is 12.2 Å². The first-order valence-corrected chi connectivity index (χ1v) is 4.51. The number of rotatable bonds is 2. The third-order valence-electron chi connectivity index (χ3n) is 2.71. The highest BCUT2D eigenvalue weighted by Gasteiger charge is 2.24. The molecule has 0 aromatic carbocycles. The maximum Gasteiger partial charge on any atom is 0.127 e. The molecule has 2 nitrogen and oxygen atoms in total. The van der Waals surface area contributed by atoms with Gasteiger partial charge >= 0.3 is 0 Å². The van der Waals surface area contributed by atoms with Crippen molar-refractivity contribution in [1.29, 1.82) is 0 Å². The highest BCUT2D eigenvalue weighted by Crippen LogP contribution is 2.32. The maximum atomic E-state index is 10.5. The number of aldehydes is 1. The topological polar surface area (TPSA) is 34.1 Å². The zero-order valence-electron chi connectivity index (χ0n) is 7.38. The van der Waals surface area contributed by atoms with Gasteiger partial charge in [-0.05, 0) is 25.2 Å². The molecule has 1 aliphatic rings. The number of hydrogen-bond donors (Lipinski definition) is 0. The van der Waals surface area contributed by atoms with E-state index in [1.165, 1.54) is 0 Å². The van der Waals surface area contributed by atoms with Crippen LogP contribution >= 0.6 is 0 Å². The van der Waals surface area contributed by atoms with Crippen molar-refractivity contribution in [2.24, 2.45) is 11.8 Å². The molecule has 1 saturated carbocycles. The predicted molar refractivity (Wildman–Crippen MR) is 46.4 cm³/mol. The molecule has 0 spiro atoms. The number of allylic oxidation sites excluding steroid dienone is 1. The monoisotopic (exact) mass is 166 g/mol. The molecule has 0 amide bonds. The SMILES string of the molecule is CCC1CCC(C=O)C(=C=O)C1. The van der Waals surface area contributed by atoms with Gasteiger partial charge in [0.1, 0.15) is 12.2 Å². The summed E-state index contributed by atoms with van der Waals surface area (Å²) in [6, 6.07) is 0. The summed E-state index contributed by atoms with van der Waals surface area (Å²) in [6.07, 6.45) is 4.67. The highest BCUT2D eigenvalue weighted by molar-refractivity contribution is 5.67. The molecule has 1 aliphatic carbocycles. The van der Waals surface area contributed by atoms with E-state index in [0.717, 1.165) is 32.0 Å². The lowest BCUT2D eigenvalue weighted by atomic mass is 9.78.